The van der Waals surface area contributed by atoms with Gasteiger partial charge in [-0.2, -0.15) is 0 Å². The fourth-order valence-electron chi connectivity index (χ4n) is 1.64. The van der Waals surface area contributed by atoms with Gasteiger partial charge in [0.15, 0.2) is 0 Å². The average Bonchev–Trinajstić information content (AvgIpc) is 2.28. The highest BCUT2D eigenvalue weighted by Crippen LogP contribution is 2.11. The average molecular weight is 184 g/mol. The van der Waals surface area contributed by atoms with Crippen LogP contribution in [0.1, 0.15) is 39.0 Å². The predicted molar refractivity (Wildman–Crippen MR) is 53.3 cm³/mol. The number of carbonyl (C=O) groups is 1. The van der Waals surface area contributed by atoms with Crippen molar-refractivity contribution in [3.8, 4) is 0 Å². The van der Waals surface area contributed by atoms with E-state index in [0.717, 1.165) is 38.8 Å². The molecule has 1 unspecified atom stereocenters. The fourth-order valence-corrected chi connectivity index (χ4v) is 1.64. The number of rotatable bonds is 3. The number of likely N-dealkylation sites (tertiary alicyclic amines) is 1. The summed E-state index contributed by atoms with van der Waals surface area (Å²) in [5.74, 6) is 0.293. The van der Waals surface area contributed by atoms with Gasteiger partial charge in [0.05, 0.1) is 0 Å². The van der Waals surface area contributed by atoms with Crippen LogP contribution in [-0.2, 0) is 4.79 Å². The third kappa shape index (κ3) is 3.35. The van der Waals surface area contributed by atoms with E-state index < -0.39 is 0 Å². The molecule has 1 atom stereocenters. The summed E-state index contributed by atoms with van der Waals surface area (Å²) in [5.41, 5.74) is 5.81. The van der Waals surface area contributed by atoms with Crippen LogP contribution in [0.5, 0.6) is 0 Å². The summed E-state index contributed by atoms with van der Waals surface area (Å²) in [6.07, 6.45) is 4.73. The second-order valence-electron chi connectivity index (χ2n) is 3.82. The fraction of sp³-hybridized carbons (Fsp3) is 0.900. The second-order valence-corrected chi connectivity index (χ2v) is 3.82. The van der Waals surface area contributed by atoms with Crippen molar-refractivity contribution in [2.45, 2.75) is 45.1 Å². The highest BCUT2D eigenvalue weighted by molar-refractivity contribution is 5.76. The molecule has 3 heteroatoms. The third-order valence-electron chi connectivity index (χ3n) is 2.63. The van der Waals surface area contributed by atoms with Gasteiger partial charge in [-0.15, -0.1) is 0 Å². The van der Waals surface area contributed by atoms with E-state index in [2.05, 4.69) is 6.92 Å². The first-order valence-corrected chi connectivity index (χ1v) is 5.27. The largest absolute Gasteiger partial charge is 0.343 e. The maximum absolute atomic E-state index is 11.5. The van der Waals surface area contributed by atoms with Gasteiger partial charge in [0, 0.05) is 25.6 Å². The lowest BCUT2D eigenvalue weighted by molar-refractivity contribution is -0.130. The van der Waals surface area contributed by atoms with E-state index in [9.17, 15) is 4.79 Å². The van der Waals surface area contributed by atoms with Gasteiger partial charge >= 0.3 is 0 Å². The molecule has 0 saturated carbocycles. The van der Waals surface area contributed by atoms with Crippen molar-refractivity contribution in [1.82, 2.24) is 4.90 Å². The first kappa shape index (κ1) is 10.5. The Labute approximate surface area is 80.3 Å². The zero-order valence-electron chi connectivity index (χ0n) is 8.46. The van der Waals surface area contributed by atoms with Crippen LogP contribution < -0.4 is 5.73 Å². The number of amides is 1. The van der Waals surface area contributed by atoms with Gasteiger partial charge in [0.2, 0.25) is 5.91 Å². The Hall–Kier alpha value is -0.570. The molecular weight excluding hydrogens is 164 g/mol. The minimum Gasteiger partial charge on any atom is -0.343 e. The van der Waals surface area contributed by atoms with Gasteiger partial charge < -0.3 is 10.6 Å². The van der Waals surface area contributed by atoms with E-state index in [1.54, 1.807) is 0 Å². The molecule has 1 aliphatic rings. The van der Waals surface area contributed by atoms with Crippen LogP contribution in [0, 0.1) is 0 Å². The highest BCUT2D eigenvalue weighted by atomic mass is 16.2. The molecule has 0 radical (unpaired) electrons. The van der Waals surface area contributed by atoms with E-state index in [1.165, 1.54) is 0 Å². The number of hydrogen-bond donors (Lipinski definition) is 1. The zero-order valence-corrected chi connectivity index (χ0v) is 8.46. The number of nitrogens with zero attached hydrogens (tertiary/aromatic N) is 1. The van der Waals surface area contributed by atoms with Crippen LogP contribution in [0.15, 0.2) is 0 Å². The predicted octanol–water partition coefficient (Wildman–Crippen LogP) is 1.13. The standard InChI is InChI=1S/C10H20N2O/c1-2-3-7-12-8-6-9(11)4-5-10(12)13/h9H,2-8,11H2,1H3. The molecule has 0 aromatic heterocycles. The van der Waals surface area contributed by atoms with Crippen molar-refractivity contribution in [1.29, 1.82) is 0 Å². The molecule has 0 aliphatic carbocycles. The van der Waals surface area contributed by atoms with Crippen LogP contribution in [0.4, 0.5) is 0 Å². The number of nitrogens with two attached hydrogens (primary N) is 1. The van der Waals surface area contributed by atoms with Crippen LogP contribution in [0.25, 0.3) is 0 Å². The minimum atomic E-state index is 0.232. The molecule has 0 aromatic rings. The molecule has 3 nitrogen and oxygen atoms in total. The molecular formula is C10H20N2O. The Balaban J connectivity index is 2.38. The van der Waals surface area contributed by atoms with Crippen molar-refractivity contribution in [2.75, 3.05) is 13.1 Å². The third-order valence-corrected chi connectivity index (χ3v) is 2.63. The van der Waals surface area contributed by atoms with Crippen molar-refractivity contribution in [2.24, 2.45) is 5.73 Å². The Morgan fingerprint density at radius 3 is 3.00 bits per heavy atom. The quantitative estimate of drug-likeness (QED) is 0.714. The van der Waals surface area contributed by atoms with Crippen LogP contribution in [0.2, 0.25) is 0 Å². The first-order chi connectivity index (χ1) is 6.24. The number of hydrogen-bond acceptors (Lipinski definition) is 2. The number of carbonyl (C=O) groups excluding carboxylic acids is 1. The Bertz CT molecular complexity index is 170. The van der Waals surface area contributed by atoms with Gasteiger partial charge in [-0.3, -0.25) is 4.79 Å². The molecule has 1 heterocycles. The van der Waals surface area contributed by atoms with E-state index in [4.69, 9.17) is 5.73 Å². The summed E-state index contributed by atoms with van der Waals surface area (Å²) < 4.78 is 0. The van der Waals surface area contributed by atoms with Crippen LogP contribution in [0.3, 0.4) is 0 Å². The lowest BCUT2D eigenvalue weighted by atomic mass is 10.1. The maximum atomic E-state index is 11.5. The first-order valence-electron chi connectivity index (χ1n) is 5.27. The van der Waals surface area contributed by atoms with Crippen LogP contribution in [-0.4, -0.2) is 29.9 Å². The molecule has 76 valence electrons. The van der Waals surface area contributed by atoms with Crippen molar-refractivity contribution in [3.63, 3.8) is 0 Å². The zero-order chi connectivity index (χ0) is 9.68. The summed E-state index contributed by atoms with van der Waals surface area (Å²) in [4.78, 5) is 13.5. The molecule has 0 aromatic carbocycles. The van der Waals surface area contributed by atoms with Gasteiger partial charge in [-0.25, -0.2) is 0 Å². The molecule has 1 fully saturated rings. The van der Waals surface area contributed by atoms with Gasteiger partial charge in [0.1, 0.15) is 0 Å². The highest BCUT2D eigenvalue weighted by Gasteiger charge is 2.19. The molecule has 1 amide bonds. The molecule has 0 spiro atoms. The van der Waals surface area contributed by atoms with E-state index in [0.29, 0.717) is 12.3 Å². The van der Waals surface area contributed by atoms with Crippen molar-refractivity contribution < 1.29 is 4.79 Å². The lowest BCUT2D eigenvalue weighted by Gasteiger charge is -2.19. The molecule has 1 aliphatic heterocycles. The van der Waals surface area contributed by atoms with Crippen LogP contribution >= 0.6 is 0 Å². The second kappa shape index (κ2) is 5.22. The van der Waals surface area contributed by atoms with Gasteiger partial charge in [0.25, 0.3) is 0 Å². The Morgan fingerprint density at radius 1 is 1.54 bits per heavy atom. The summed E-state index contributed by atoms with van der Waals surface area (Å²) >= 11 is 0. The van der Waals surface area contributed by atoms with Gasteiger partial charge in [-0.05, 0) is 19.3 Å². The molecule has 1 saturated heterocycles. The summed E-state index contributed by atoms with van der Waals surface area (Å²) in [6.45, 7) is 3.93. The van der Waals surface area contributed by atoms with Gasteiger partial charge in [-0.1, -0.05) is 13.3 Å². The van der Waals surface area contributed by atoms with E-state index in [-0.39, 0.29) is 6.04 Å². The SMILES string of the molecule is CCCCN1CCC(N)CCC1=O. The van der Waals surface area contributed by atoms with Crippen molar-refractivity contribution >= 4 is 5.91 Å². The summed E-state index contributed by atoms with van der Waals surface area (Å²) in [6, 6.07) is 0.232. The van der Waals surface area contributed by atoms with E-state index in [1.807, 2.05) is 4.90 Å². The molecule has 0 bridgehead atoms. The topological polar surface area (TPSA) is 46.3 Å². The Kier molecular flexibility index (Phi) is 4.22. The molecule has 1 rings (SSSR count). The summed E-state index contributed by atoms with van der Waals surface area (Å²) in [5, 5.41) is 0. The monoisotopic (exact) mass is 184 g/mol. The summed E-state index contributed by atoms with van der Waals surface area (Å²) in [7, 11) is 0. The lowest BCUT2D eigenvalue weighted by Crippen LogP contribution is -2.31. The smallest absolute Gasteiger partial charge is 0.222 e. The Morgan fingerprint density at radius 2 is 2.31 bits per heavy atom. The molecule has 2 N–H and O–H groups in total. The molecule has 13 heavy (non-hydrogen) atoms. The minimum absolute atomic E-state index is 0.232. The number of unbranched alkanes of at least 4 members (excludes halogenated alkanes) is 1. The maximum Gasteiger partial charge on any atom is 0.222 e. The normalized spacial score (nSPS) is 24.6. The van der Waals surface area contributed by atoms with E-state index >= 15 is 0 Å². The van der Waals surface area contributed by atoms with Crippen molar-refractivity contribution in [3.05, 3.63) is 0 Å².